The number of hydrogen-bond acceptors (Lipinski definition) is 1. The van der Waals surface area contributed by atoms with Crippen molar-refractivity contribution in [2.45, 2.75) is 19.6 Å². The Morgan fingerprint density at radius 1 is 1.15 bits per heavy atom. The summed E-state index contributed by atoms with van der Waals surface area (Å²) in [7, 11) is -1.50. The zero-order chi connectivity index (χ0) is 9.90. The Kier molecular flexibility index (Phi) is 2.88. The van der Waals surface area contributed by atoms with E-state index in [1.165, 1.54) is 0 Å². The van der Waals surface area contributed by atoms with E-state index < -0.39 is 8.24 Å². The molecule has 1 amide bonds. The van der Waals surface area contributed by atoms with Crippen LogP contribution in [0.25, 0.3) is 0 Å². The minimum absolute atomic E-state index is 0.0415. The lowest BCUT2D eigenvalue weighted by atomic mass is 10.2. The van der Waals surface area contributed by atoms with Gasteiger partial charge in [-0.05, 0) is 12.1 Å². The first-order chi connectivity index (χ1) is 5.99. The van der Waals surface area contributed by atoms with Gasteiger partial charge in [0.05, 0.1) is 0 Å². The summed E-state index contributed by atoms with van der Waals surface area (Å²) in [5, 5.41) is 0. The molecule has 13 heavy (non-hydrogen) atoms. The number of hydrogen-bond donors (Lipinski definition) is 1. The van der Waals surface area contributed by atoms with Gasteiger partial charge in [-0.15, -0.1) is 0 Å². The average Bonchev–Trinajstić information content (AvgIpc) is 2.03. The van der Waals surface area contributed by atoms with E-state index in [0.717, 1.165) is 5.56 Å². The number of carbonyl (C=O) groups excluding carboxylic acids is 1. The molecular formula is C10H15NOSi. The Balaban J connectivity index is 2.71. The van der Waals surface area contributed by atoms with Gasteiger partial charge in [-0.3, -0.25) is 4.79 Å². The Morgan fingerprint density at radius 3 is 2.15 bits per heavy atom. The third kappa shape index (κ3) is 3.42. The van der Waals surface area contributed by atoms with Crippen LogP contribution in [0.3, 0.4) is 0 Å². The summed E-state index contributed by atoms with van der Waals surface area (Å²) in [6.45, 7) is 6.32. The maximum absolute atomic E-state index is 11.6. The topological polar surface area (TPSA) is 29.1 Å². The highest BCUT2D eigenvalue weighted by molar-refractivity contribution is 6.76. The molecule has 1 aromatic rings. The van der Waals surface area contributed by atoms with Crippen LogP contribution in [0.2, 0.25) is 19.6 Å². The van der Waals surface area contributed by atoms with Crippen LogP contribution in [0.5, 0.6) is 0 Å². The second-order valence-corrected chi connectivity index (χ2v) is 8.82. The van der Waals surface area contributed by atoms with E-state index in [9.17, 15) is 4.79 Å². The van der Waals surface area contributed by atoms with Gasteiger partial charge < -0.3 is 4.98 Å². The van der Waals surface area contributed by atoms with E-state index in [2.05, 4.69) is 24.6 Å². The molecule has 0 bridgehead atoms. The van der Waals surface area contributed by atoms with Gasteiger partial charge in [0.2, 0.25) is 5.91 Å². The first-order valence-corrected chi connectivity index (χ1v) is 7.86. The van der Waals surface area contributed by atoms with E-state index in [4.69, 9.17) is 0 Å². The standard InChI is InChI=1S/C10H15NOSi/c1-13(2,3)11-10(12)9-7-5-4-6-8-9/h4-8H,1-3H3,(H,11,12). The molecule has 2 nitrogen and oxygen atoms in total. The number of benzene rings is 1. The van der Waals surface area contributed by atoms with Crippen molar-refractivity contribution in [2.24, 2.45) is 0 Å². The molecule has 0 atom stereocenters. The highest BCUT2D eigenvalue weighted by Crippen LogP contribution is 2.01. The first kappa shape index (κ1) is 9.99. The van der Waals surface area contributed by atoms with E-state index in [1.54, 1.807) is 0 Å². The van der Waals surface area contributed by atoms with Crippen molar-refractivity contribution in [1.29, 1.82) is 0 Å². The third-order valence-electron chi connectivity index (χ3n) is 1.52. The molecule has 0 aromatic heterocycles. The highest BCUT2D eigenvalue weighted by atomic mass is 28.3. The van der Waals surface area contributed by atoms with E-state index in [-0.39, 0.29) is 5.91 Å². The van der Waals surface area contributed by atoms with Crippen LogP contribution in [0, 0.1) is 0 Å². The van der Waals surface area contributed by atoms with Crippen molar-refractivity contribution in [3.63, 3.8) is 0 Å². The van der Waals surface area contributed by atoms with E-state index in [1.807, 2.05) is 30.3 Å². The molecule has 0 unspecified atom stereocenters. The van der Waals surface area contributed by atoms with Crippen molar-refractivity contribution in [2.75, 3.05) is 0 Å². The van der Waals surface area contributed by atoms with Gasteiger partial charge in [-0.25, -0.2) is 0 Å². The van der Waals surface area contributed by atoms with Crippen LogP contribution < -0.4 is 4.98 Å². The fraction of sp³-hybridized carbons (Fsp3) is 0.300. The van der Waals surface area contributed by atoms with Crippen molar-refractivity contribution < 1.29 is 4.79 Å². The quantitative estimate of drug-likeness (QED) is 0.717. The van der Waals surface area contributed by atoms with Crippen LogP contribution in [-0.4, -0.2) is 14.1 Å². The predicted molar refractivity (Wildman–Crippen MR) is 57.3 cm³/mol. The normalized spacial score (nSPS) is 11.0. The zero-order valence-corrected chi connectivity index (χ0v) is 9.29. The molecule has 70 valence electrons. The molecule has 1 rings (SSSR count). The van der Waals surface area contributed by atoms with Gasteiger partial charge in [0.15, 0.2) is 0 Å². The molecule has 0 aliphatic carbocycles. The molecule has 0 aliphatic rings. The van der Waals surface area contributed by atoms with Crippen LogP contribution in [-0.2, 0) is 0 Å². The Morgan fingerprint density at radius 2 is 1.69 bits per heavy atom. The molecule has 0 aliphatic heterocycles. The van der Waals surface area contributed by atoms with Crippen LogP contribution >= 0.6 is 0 Å². The van der Waals surface area contributed by atoms with Gasteiger partial charge in [0, 0.05) is 5.56 Å². The van der Waals surface area contributed by atoms with Gasteiger partial charge >= 0.3 is 0 Å². The summed E-state index contributed by atoms with van der Waals surface area (Å²) in [5.74, 6) is 0.0415. The number of carbonyl (C=O) groups is 1. The molecular weight excluding hydrogens is 178 g/mol. The lowest BCUT2D eigenvalue weighted by Gasteiger charge is -2.17. The average molecular weight is 193 g/mol. The predicted octanol–water partition coefficient (Wildman–Crippen LogP) is 2.25. The SMILES string of the molecule is C[Si](C)(C)NC(=O)c1ccccc1. The second kappa shape index (κ2) is 3.74. The smallest absolute Gasteiger partial charge is 0.243 e. The fourth-order valence-corrected chi connectivity index (χ4v) is 1.83. The summed E-state index contributed by atoms with van der Waals surface area (Å²) >= 11 is 0. The fourth-order valence-electron chi connectivity index (χ4n) is 1.00. The van der Waals surface area contributed by atoms with Crippen LogP contribution in [0.4, 0.5) is 0 Å². The van der Waals surface area contributed by atoms with E-state index >= 15 is 0 Å². The number of rotatable bonds is 2. The van der Waals surface area contributed by atoms with Gasteiger partial charge in [-0.1, -0.05) is 37.8 Å². The molecule has 1 N–H and O–H groups in total. The van der Waals surface area contributed by atoms with Gasteiger partial charge in [-0.2, -0.15) is 0 Å². The molecule has 1 aromatic carbocycles. The van der Waals surface area contributed by atoms with E-state index in [0.29, 0.717) is 0 Å². The number of nitrogens with one attached hydrogen (secondary N) is 1. The summed E-state index contributed by atoms with van der Waals surface area (Å²) < 4.78 is 0. The largest absolute Gasteiger partial charge is 0.378 e. The Labute approximate surface area is 80.1 Å². The van der Waals surface area contributed by atoms with Crippen molar-refractivity contribution in [3.8, 4) is 0 Å². The van der Waals surface area contributed by atoms with Gasteiger partial charge in [0.25, 0.3) is 0 Å². The van der Waals surface area contributed by atoms with Crippen molar-refractivity contribution >= 4 is 14.1 Å². The summed E-state index contributed by atoms with van der Waals surface area (Å²) in [4.78, 5) is 14.6. The molecule has 0 saturated carbocycles. The monoisotopic (exact) mass is 193 g/mol. The molecule has 0 spiro atoms. The Bertz CT molecular complexity index is 290. The zero-order valence-electron chi connectivity index (χ0n) is 8.29. The molecule has 0 radical (unpaired) electrons. The van der Waals surface area contributed by atoms with Gasteiger partial charge in [0.1, 0.15) is 8.24 Å². The highest BCUT2D eigenvalue weighted by Gasteiger charge is 2.17. The molecule has 0 heterocycles. The number of amides is 1. The van der Waals surface area contributed by atoms with Crippen LogP contribution in [0.15, 0.2) is 30.3 Å². The maximum Gasteiger partial charge on any atom is 0.243 e. The third-order valence-corrected chi connectivity index (χ3v) is 2.50. The maximum atomic E-state index is 11.6. The lowest BCUT2D eigenvalue weighted by Crippen LogP contribution is -2.45. The molecule has 0 saturated heterocycles. The molecule has 0 fully saturated rings. The second-order valence-electron chi connectivity index (χ2n) is 4.07. The van der Waals surface area contributed by atoms with Crippen molar-refractivity contribution in [1.82, 2.24) is 4.98 Å². The lowest BCUT2D eigenvalue weighted by molar-refractivity contribution is 0.0978. The first-order valence-electron chi connectivity index (χ1n) is 4.36. The summed E-state index contributed by atoms with van der Waals surface area (Å²) in [6, 6.07) is 9.31. The van der Waals surface area contributed by atoms with Crippen molar-refractivity contribution in [3.05, 3.63) is 35.9 Å². The Hall–Kier alpha value is -1.09. The summed E-state index contributed by atoms with van der Waals surface area (Å²) in [6.07, 6.45) is 0. The minimum Gasteiger partial charge on any atom is -0.378 e. The molecule has 3 heteroatoms. The minimum atomic E-state index is -1.50. The van der Waals surface area contributed by atoms with Crippen LogP contribution in [0.1, 0.15) is 10.4 Å². The summed E-state index contributed by atoms with van der Waals surface area (Å²) in [5.41, 5.74) is 0.741.